The van der Waals surface area contributed by atoms with Crippen LogP contribution in [0.3, 0.4) is 0 Å². The van der Waals surface area contributed by atoms with Crippen molar-refractivity contribution in [2.75, 3.05) is 44.4 Å². The highest BCUT2D eigenvalue weighted by Crippen LogP contribution is 2.36. The second-order valence-corrected chi connectivity index (χ2v) is 8.29. The number of piperazine rings is 1. The number of amides is 2. The minimum atomic E-state index is -0.292. The number of quaternary nitrogens is 2. The normalized spacial score (nSPS) is 25.5. The number of anilines is 1. The summed E-state index contributed by atoms with van der Waals surface area (Å²) in [6, 6.07) is 15.2. The predicted molar refractivity (Wildman–Crippen MR) is 115 cm³/mol. The van der Waals surface area contributed by atoms with Gasteiger partial charge in [-0.05, 0) is 23.8 Å². The van der Waals surface area contributed by atoms with E-state index in [-0.39, 0.29) is 31.1 Å². The van der Waals surface area contributed by atoms with E-state index in [1.807, 2.05) is 18.2 Å². The zero-order valence-electron chi connectivity index (χ0n) is 17.4. The molecule has 5 rings (SSSR count). The van der Waals surface area contributed by atoms with Gasteiger partial charge in [-0.2, -0.15) is 0 Å². The Morgan fingerprint density at radius 3 is 2.55 bits per heavy atom. The van der Waals surface area contributed by atoms with E-state index < -0.39 is 0 Å². The van der Waals surface area contributed by atoms with Gasteiger partial charge in [0.1, 0.15) is 26.2 Å². The zero-order chi connectivity index (χ0) is 21.2. The minimum Gasteiger partial charge on any atom is -0.454 e. The fourth-order valence-corrected chi connectivity index (χ4v) is 4.65. The number of carbonyl (C=O) groups excluding carboxylic acids is 2. The van der Waals surface area contributed by atoms with E-state index in [1.54, 1.807) is 18.2 Å². The molecule has 2 amide bonds. The Morgan fingerprint density at radius 2 is 1.74 bits per heavy atom. The van der Waals surface area contributed by atoms with Crippen LogP contribution in [0.2, 0.25) is 0 Å². The van der Waals surface area contributed by atoms with E-state index in [1.165, 1.54) is 20.3 Å². The van der Waals surface area contributed by atoms with E-state index in [9.17, 15) is 9.59 Å². The van der Waals surface area contributed by atoms with Gasteiger partial charge < -0.3 is 19.3 Å². The van der Waals surface area contributed by atoms with Crippen LogP contribution in [-0.2, 0) is 9.59 Å². The van der Waals surface area contributed by atoms with Gasteiger partial charge in [0.15, 0.2) is 17.5 Å². The third-order valence-corrected chi connectivity index (χ3v) is 6.37. The Labute approximate surface area is 181 Å². The molecule has 2 N–H and O–H groups in total. The number of ether oxygens (including phenoxy) is 2. The summed E-state index contributed by atoms with van der Waals surface area (Å²) < 4.78 is 10.7. The van der Waals surface area contributed by atoms with Crippen molar-refractivity contribution in [1.82, 2.24) is 0 Å². The molecule has 7 nitrogen and oxygen atoms in total. The lowest BCUT2D eigenvalue weighted by Gasteiger charge is -2.31. The van der Waals surface area contributed by atoms with Gasteiger partial charge in [0.05, 0.1) is 18.7 Å². The average molecular weight is 421 g/mol. The number of imide groups is 1. The first kappa shape index (κ1) is 19.8. The second-order valence-electron chi connectivity index (χ2n) is 8.29. The molecule has 0 aliphatic carbocycles. The Morgan fingerprint density at radius 1 is 0.968 bits per heavy atom. The predicted octanol–water partition coefficient (Wildman–Crippen LogP) is -0.456. The number of carbonyl (C=O) groups is 2. The molecular weight excluding hydrogens is 394 g/mol. The van der Waals surface area contributed by atoms with Crippen molar-refractivity contribution < 1.29 is 28.9 Å². The molecule has 7 heteroatoms. The number of nitrogens with zero attached hydrogens (tertiary/aromatic N) is 1. The van der Waals surface area contributed by atoms with E-state index in [0.29, 0.717) is 17.2 Å². The Balaban J connectivity index is 1.18. The lowest BCUT2D eigenvalue weighted by atomic mass is 10.1. The highest BCUT2D eigenvalue weighted by atomic mass is 16.7. The summed E-state index contributed by atoms with van der Waals surface area (Å²) in [7, 11) is 0. The summed E-state index contributed by atoms with van der Waals surface area (Å²) in [5, 5.41) is 0. The van der Waals surface area contributed by atoms with E-state index >= 15 is 0 Å². The van der Waals surface area contributed by atoms with E-state index in [0.717, 1.165) is 32.7 Å². The Hall–Kier alpha value is -3.16. The Bertz CT molecular complexity index is 999. The molecule has 3 aliphatic heterocycles. The maximum Gasteiger partial charge on any atom is 0.292 e. The smallest absolute Gasteiger partial charge is 0.292 e. The van der Waals surface area contributed by atoms with Crippen LogP contribution < -0.4 is 24.2 Å². The first-order chi connectivity index (χ1) is 15.2. The first-order valence-electron chi connectivity index (χ1n) is 10.9. The van der Waals surface area contributed by atoms with Crippen molar-refractivity contribution in [2.24, 2.45) is 0 Å². The minimum absolute atomic E-state index is 0.105. The van der Waals surface area contributed by atoms with Crippen molar-refractivity contribution in [3.8, 4) is 11.5 Å². The van der Waals surface area contributed by atoms with Gasteiger partial charge >= 0.3 is 0 Å². The lowest BCUT2D eigenvalue weighted by Crippen LogP contribution is -3.30. The van der Waals surface area contributed by atoms with Crippen LogP contribution in [0.4, 0.5) is 5.69 Å². The fraction of sp³-hybridized carbons (Fsp3) is 0.333. The molecule has 160 valence electrons. The van der Waals surface area contributed by atoms with Gasteiger partial charge in [-0.15, -0.1) is 0 Å². The Kier molecular flexibility index (Phi) is 5.44. The van der Waals surface area contributed by atoms with E-state index in [2.05, 4.69) is 24.3 Å². The highest BCUT2D eigenvalue weighted by Gasteiger charge is 2.47. The molecule has 3 heterocycles. The maximum absolute atomic E-state index is 13.1. The molecule has 2 saturated heterocycles. The molecule has 2 aromatic carbocycles. The number of hydrogen-bond acceptors (Lipinski definition) is 4. The van der Waals surface area contributed by atoms with Gasteiger partial charge in [-0.1, -0.05) is 36.4 Å². The SMILES string of the molecule is O=C1C[C@H]([NH+]2CC[NH+](C/C=C/c3ccccc3)CC2)C(=O)N1c1ccc2c(c1)OCO2. The van der Waals surface area contributed by atoms with Gasteiger partial charge in [0, 0.05) is 6.07 Å². The van der Waals surface area contributed by atoms with Gasteiger partial charge in [0.2, 0.25) is 12.7 Å². The van der Waals surface area contributed by atoms with Gasteiger partial charge in [0.25, 0.3) is 5.91 Å². The van der Waals surface area contributed by atoms with Crippen LogP contribution in [0.15, 0.2) is 54.6 Å². The molecule has 0 radical (unpaired) electrons. The van der Waals surface area contributed by atoms with Crippen molar-refractivity contribution in [2.45, 2.75) is 12.5 Å². The lowest BCUT2D eigenvalue weighted by molar-refractivity contribution is -1.02. The monoisotopic (exact) mass is 421 g/mol. The summed E-state index contributed by atoms with van der Waals surface area (Å²) in [5.41, 5.74) is 1.78. The summed E-state index contributed by atoms with van der Waals surface area (Å²) >= 11 is 0. The number of fused-ring (bicyclic) bond motifs is 1. The standard InChI is InChI=1S/C24H25N3O4/c28-23-16-20(24(29)27(23)19-8-9-21-22(15-19)31-17-30-21)26-13-11-25(12-14-26)10-4-7-18-5-2-1-3-6-18/h1-9,15,20H,10-14,16-17H2/p+2/b7-4+/t20-/m0/s1. The van der Waals surface area contributed by atoms with Crippen molar-refractivity contribution in [3.63, 3.8) is 0 Å². The summed E-state index contributed by atoms with van der Waals surface area (Å²) in [4.78, 5) is 29.9. The fourth-order valence-electron chi connectivity index (χ4n) is 4.65. The van der Waals surface area contributed by atoms with Crippen molar-refractivity contribution in [3.05, 3.63) is 60.2 Å². The molecular formula is C24H27N3O4+2. The number of rotatable bonds is 5. The van der Waals surface area contributed by atoms with Crippen LogP contribution in [0.1, 0.15) is 12.0 Å². The van der Waals surface area contributed by atoms with Crippen LogP contribution in [0, 0.1) is 0 Å². The third kappa shape index (κ3) is 4.06. The topological polar surface area (TPSA) is 64.7 Å². The summed E-state index contributed by atoms with van der Waals surface area (Å²) in [6.45, 7) is 4.93. The van der Waals surface area contributed by atoms with Crippen molar-refractivity contribution in [1.29, 1.82) is 0 Å². The molecule has 1 atom stereocenters. The van der Waals surface area contributed by atoms with E-state index in [4.69, 9.17) is 9.47 Å². The first-order valence-corrected chi connectivity index (χ1v) is 10.9. The van der Waals surface area contributed by atoms with Crippen LogP contribution in [0.25, 0.3) is 6.08 Å². The largest absolute Gasteiger partial charge is 0.454 e. The molecule has 0 spiro atoms. The summed E-state index contributed by atoms with van der Waals surface area (Å²) in [6.07, 6.45) is 4.65. The third-order valence-electron chi connectivity index (χ3n) is 6.37. The van der Waals surface area contributed by atoms with Crippen molar-refractivity contribution >= 4 is 23.6 Å². The molecule has 2 aromatic rings. The average Bonchev–Trinajstić information content (AvgIpc) is 3.38. The number of benzene rings is 2. The number of hydrogen-bond donors (Lipinski definition) is 2. The molecule has 0 unspecified atom stereocenters. The quantitative estimate of drug-likeness (QED) is 0.642. The maximum atomic E-state index is 13.1. The van der Waals surface area contributed by atoms with Gasteiger partial charge in [-0.25, -0.2) is 4.90 Å². The van der Waals surface area contributed by atoms with Crippen LogP contribution in [-0.4, -0.2) is 57.4 Å². The molecule has 0 aromatic heterocycles. The molecule has 2 fully saturated rings. The molecule has 31 heavy (non-hydrogen) atoms. The molecule has 0 saturated carbocycles. The molecule has 3 aliphatic rings. The van der Waals surface area contributed by atoms with Crippen LogP contribution in [0.5, 0.6) is 11.5 Å². The second kappa shape index (κ2) is 8.53. The zero-order valence-corrected chi connectivity index (χ0v) is 17.4. The summed E-state index contributed by atoms with van der Waals surface area (Å²) in [5.74, 6) is 0.980. The van der Waals surface area contributed by atoms with Crippen LogP contribution >= 0.6 is 0 Å². The highest BCUT2D eigenvalue weighted by molar-refractivity contribution is 6.22. The van der Waals surface area contributed by atoms with Gasteiger partial charge in [-0.3, -0.25) is 9.59 Å². The number of nitrogens with one attached hydrogen (secondary N) is 2. The molecule has 0 bridgehead atoms.